The molecule has 13 nitrogen and oxygen atoms in total. The fourth-order valence-corrected chi connectivity index (χ4v) is 6.59. The van der Waals surface area contributed by atoms with E-state index < -0.39 is 11.9 Å². The normalized spacial score (nSPS) is 19.4. The van der Waals surface area contributed by atoms with Gasteiger partial charge < -0.3 is 22.1 Å². The molecule has 0 radical (unpaired) electrons. The molecule has 1 aliphatic heterocycles. The minimum atomic E-state index is -0.951. The quantitative estimate of drug-likeness (QED) is 0.165. The second kappa shape index (κ2) is 16.2. The summed E-state index contributed by atoms with van der Waals surface area (Å²) in [5, 5.41) is 20.3. The molecule has 1 saturated carbocycles. The number of pyridine rings is 1. The van der Waals surface area contributed by atoms with Gasteiger partial charge in [-0.15, -0.1) is 22.6 Å². The molecule has 2 aliphatic rings. The number of hydrogen-bond donors (Lipinski definition) is 5. The number of nitrogens with zero attached hydrogens (tertiary/aromatic N) is 5. The summed E-state index contributed by atoms with van der Waals surface area (Å²) in [6.45, 7) is 4.15. The predicted molar refractivity (Wildman–Crippen MR) is 189 cm³/mol. The van der Waals surface area contributed by atoms with Crippen molar-refractivity contribution in [2.45, 2.75) is 57.5 Å². The van der Waals surface area contributed by atoms with Crippen LogP contribution in [-0.2, 0) is 16.0 Å². The zero-order chi connectivity index (χ0) is 33.6. The van der Waals surface area contributed by atoms with Crippen molar-refractivity contribution < 1.29 is 14.4 Å². The Bertz CT molecular complexity index is 1720. The lowest BCUT2D eigenvalue weighted by Gasteiger charge is -2.32. The summed E-state index contributed by atoms with van der Waals surface area (Å²) in [5.41, 5.74) is 17.4. The van der Waals surface area contributed by atoms with Crippen molar-refractivity contribution in [2.75, 3.05) is 24.5 Å². The summed E-state index contributed by atoms with van der Waals surface area (Å²) in [6.07, 6.45) is 4.22. The molecule has 0 spiro atoms. The van der Waals surface area contributed by atoms with Crippen LogP contribution < -0.4 is 27.0 Å². The molecule has 2 aromatic carbocycles. The van der Waals surface area contributed by atoms with E-state index in [0.29, 0.717) is 48.1 Å². The number of hydrogen-bond acceptors (Lipinski definition) is 10. The lowest BCUT2D eigenvalue weighted by molar-refractivity contribution is -0.130. The van der Waals surface area contributed by atoms with E-state index in [2.05, 4.69) is 36.2 Å². The second-order valence-corrected chi connectivity index (χ2v) is 12.7. The molecule has 14 heteroatoms. The van der Waals surface area contributed by atoms with Gasteiger partial charge in [0.2, 0.25) is 11.7 Å². The maximum Gasteiger partial charge on any atom is 0.270 e. The lowest BCUT2D eigenvalue weighted by Crippen LogP contribution is -2.50. The minimum Gasteiger partial charge on any atom is -0.347 e. The number of nitrogens with one attached hydrogen (secondary N) is 3. The molecule has 2 atom stereocenters. The van der Waals surface area contributed by atoms with Gasteiger partial charge in [-0.3, -0.25) is 14.4 Å². The molecular weight excluding hydrogens is 644 g/mol. The van der Waals surface area contributed by atoms with E-state index in [9.17, 15) is 14.4 Å². The van der Waals surface area contributed by atoms with Gasteiger partial charge in [-0.1, -0.05) is 30.3 Å². The smallest absolute Gasteiger partial charge is 0.270 e. The van der Waals surface area contributed by atoms with E-state index >= 15 is 0 Å². The number of benzene rings is 2. The van der Waals surface area contributed by atoms with Gasteiger partial charge in [0, 0.05) is 35.3 Å². The molecule has 7 N–H and O–H groups in total. The fourth-order valence-electron chi connectivity index (χ4n) is 6.59. The fraction of sp³-hybridized carbons (Fsp3) is 0.400. The number of nitrogens with two attached hydrogens (primary N) is 2. The topological polar surface area (TPSA) is 198 Å². The molecule has 0 bridgehead atoms. The number of imide groups is 1. The first-order chi connectivity index (χ1) is 23.3. The predicted octanol–water partition coefficient (Wildman–Crippen LogP) is 2.95. The Kier molecular flexibility index (Phi) is 11.8. The zero-order valence-electron chi connectivity index (χ0n) is 27.5. The average Bonchev–Trinajstić information content (AvgIpc) is 3.84. The van der Waals surface area contributed by atoms with Crippen LogP contribution in [0, 0.1) is 18.8 Å². The van der Waals surface area contributed by atoms with Gasteiger partial charge in [-0.25, -0.2) is 9.88 Å². The molecule has 0 unspecified atom stereocenters. The molecule has 4 aromatic rings. The Morgan fingerprint density at radius 3 is 2.29 bits per heavy atom. The molecule has 1 aliphatic carbocycles. The van der Waals surface area contributed by atoms with Gasteiger partial charge in [-0.05, 0) is 111 Å². The standard InChI is InChI=1S/C35H42N10O3.ClH/c1-21-29(14-15-31(39-21)33(46)40-27-16-17-38-20-27)24-6-2-22(3-7-24)18-30(37)35(48)45(34(47)26-8-4-23(19-36)5-9-26)28-12-10-25(11-13-28)32-41-43-44-42-32;/h2-3,6-7,10-15,23,26-27,30,38H,4-5,8-9,16-20,36-37H2,1H3,(H,40,46)(H,41,42,43,44);1H/t23?,26?,27-,30+;/m1./s1. The molecule has 1 saturated heterocycles. The molecule has 2 aromatic heterocycles. The number of amides is 3. The van der Waals surface area contributed by atoms with Crippen molar-refractivity contribution >= 4 is 35.8 Å². The third kappa shape index (κ3) is 8.36. The van der Waals surface area contributed by atoms with Crippen molar-refractivity contribution in [2.24, 2.45) is 23.3 Å². The van der Waals surface area contributed by atoms with E-state index in [4.69, 9.17) is 11.5 Å². The van der Waals surface area contributed by atoms with Crippen LogP contribution in [-0.4, -0.2) is 75.0 Å². The first kappa shape index (κ1) is 35.7. The summed E-state index contributed by atoms with van der Waals surface area (Å²) in [5.74, 6) is -0.349. The molecule has 49 heavy (non-hydrogen) atoms. The monoisotopic (exact) mass is 686 g/mol. The highest BCUT2D eigenvalue weighted by Gasteiger charge is 2.35. The number of aromatic nitrogens is 5. The summed E-state index contributed by atoms with van der Waals surface area (Å²) in [6, 6.07) is 17.5. The number of carbonyl (C=O) groups excluding carboxylic acids is 3. The molecule has 3 amide bonds. The SMILES string of the molecule is Cc1nc(C(=O)N[C@@H]2CCNC2)ccc1-c1ccc(C[C@H](N)C(=O)N(C(=O)C2CCC(CN)CC2)c2ccc(-c3nn[nH]n3)cc2)cc1.Cl. The first-order valence-electron chi connectivity index (χ1n) is 16.6. The van der Waals surface area contributed by atoms with Gasteiger partial charge in [-0.2, -0.15) is 5.21 Å². The largest absolute Gasteiger partial charge is 0.347 e. The Hall–Kier alpha value is -4.56. The van der Waals surface area contributed by atoms with E-state index in [1.165, 1.54) is 4.90 Å². The molecular formula is C35H43ClN10O3. The van der Waals surface area contributed by atoms with Crippen LogP contribution in [0.5, 0.6) is 0 Å². The van der Waals surface area contributed by atoms with E-state index in [1.54, 1.807) is 30.3 Å². The molecule has 3 heterocycles. The third-order valence-corrected chi connectivity index (χ3v) is 9.45. The van der Waals surface area contributed by atoms with Crippen molar-refractivity contribution in [3.8, 4) is 22.5 Å². The highest BCUT2D eigenvalue weighted by Crippen LogP contribution is 2.32. The lowest BCUT2D eigenvalue weighted by atomic mass is 9.81. The van der Waals surface area contributed by atoms with Gasteiger partial charge in [0.1, 0.15) is 5.69 Å². The number of tetrazole rings is 1. The average molecular weight is 687 g/mol. The van der Waals surface area contributed by atoms with E-state index in [-0.39, 0.29) is 42.6 Å². The number of rotatable bonds is 10. The summed E-state index contributed by atoms with van der Waals surface area (Å²) in [4.78, 5) is 46.4. The maximum atomic E-state index is 14.0. The zero-order valence-corrected chi connectivity index (χ0v) is 28.3. The molecule has 6 rings (SSSR count). The number of aryl methyl sites for hydroxylation is 1. The van der Waals surface area contributed by atoms with Crippen LogP contribution in [0.4, 0.5) is 5.69 Å². The van der Waals surface area contributed by atoms with Crippen molar-refractivity contribution in [1.82, 2.24) is 36.2 Å². The Morgan fingerprint density at radius 1 is 0.959 bits per heavy atom. The van der Waals surface area contributed by atoms with E-state index in [0.717, 1.165) is 54.7 Å². The Labute approximate surface area is 291 Å². The number of H-pyrrole nitrogens is 1. The minimum absolute atomic E-state index is 0. The van der Waals surface area contributed by atoms with Crippen molar-refractivity contribution in [3.63, 3.8) is 0 Å². The van der Waals surface area contributed by atoms with E-state index in [1.807, 2.05) is 37.3 Å². The van der Waals surface area contributed by atoms with Crippen molar-refractivity contribution in [1.29, 1.82) is 0 Å². The highest BCUT2D eigenvalue weighted by molar-refractivity contribution is 6.17. The van der Waals surface area contributed by atoms with Crippen molar-refractivity contribution in [3.05, 3.63) is 77.6 Å². The van der Waals surface area contributed by atoms with Gasteiger partial charge in [0.25, 0.3) is 11.8 Å². The molecule has 258 valence electrons. The number of halogens is 1. The summed E-state index contributed by atoms with van der Waals surface area (Å²) >= 11 is 0. The number of aromatic amines is 1. The summed E-state index contributed by atoms with van der Waals surface area (Å²) in [7, 11) is 0. The van der Waals surface area contributed by atoms with Crippen LogP contribution in [0.1, 0.15) is 53.8 Å². The van der Waals surface area contributed by atoms with Crippen LogP contribution in [0.3, 0.4) is 0 Å². The second-order valence-electron chi connectivity index (χ2n) is 12.7. The third-order valence-electron chi connectivity index (χ3n) is 9.45. The van der Waals surface area contributed by atoms with Crippen LogP contribution in [0.15, 0.2) is 60.7 Å². The first-order valence-corrected chi connectivity index (χ1v) is 16.6. The number of carbonyl (C=O) groups is 3. The Morgan fingerprint density at radius 2 is 1.67 bits per heavy atom. The van der Waals surface area contributed by atoms with Crippen LogP contribution in [0.25, 0.3) is 22.5 Å². The molecule has 2 fully saturated rings. The van der Waals surface area contributed by atoms with Gasteiger partial charge >= 0.3 is 0 Å². The Balaban J connectivity index is 0.00000468. The van der Waals surface area contributed by atoms with Crippen LogP contribution >= 0.6 is 12.4 Å². The number of anilines is 1. The van der Waals surface area contributed by atoms with Gasteiger partial charge in [0.15, 0.2) is 0 Å². The highest BCUT2D eigenvalue weighted by atomic mass is 35.5. The van der Waals surface area contributed by atoms with Gasteiger partial charge in [0.05, 0.1) is 11.7 Å². The van der Waals surface area contributed by atoms with Crippen LogP contribution in [0.2, 0.25) is 0 Å². The summed E-state index contributed by atoms with van der Waals surface area (Å²) < 4.78 is 0. The maximum absolute atomic E-state index is 14.0.